The zero-order valence-electron chi connectivity index (χ0n) is 15.5. The number of aromatic nitrogens is 1. The molecule has 0 radical (unpaired) electrons. The number of para-hydroxylation sites is 2. The van der Waals surface area contributed by atoms with E-state index in [1.54, 1.807) is 29.4 Å². The molecule has 1 aromatic heterocycles. The van der Waals surface area contributed by atoms with Crippen LogP contribution in [0.25, 0.3) is 0 Å². The quantitative estimate of drug-likeness (QED) is 0.565. The van der Waals surface area contributed by atoms with Crippen LogP contribution in [0.3, 0.4) is 0 Å². The Labute approximate surface area is 163 Å². The maximum atomic E-state index is 12.5. The number of hydrogen-bond acceptors (Lipinski definition) is 4. The molecule has 0 aliphatic rings. The van der Waals surface area contributed by atoms with Crippen LogP contribution in [0.5, 0.6) is 17.2 Å². The maximum absolute atomic E-state index is 12.5. The van der Waals surface area contributed by atoms with E-state index in [1.807, 2.05) is 48.5 Å². The maximum Gasteiger partial charge on any atom is 0.224 e. The molecule has 6 heteroatoms. The Kier molecular flexibility index (Phi) is 6.57. The van der Waals surface area contributed by atoms with Crippen molar-refractivity contribution in [1.29, 1.82) is 0 Å². The Morgan fingerprint density at radius 3 is 2.54 bits per heavy atom. The van der Waals surface area contributed by atoms with Crippen molar-refractivity contribution in [3.05, 3.63) is 78.6 Å². The summed E-state index contributed by atoms with van der Waals surface area (Å²) in [6.07, 6.45) is 3.20. The molecule has 1 heterocycles. The van der Waals surface area contributed by atoms with Crippen LogP contribution in [0.15, 0.2) is 73.1 Å². The lowest BCUT2D eigenvalue weighted by Crippen LogP contribution is -2.28. The van der Waals surface area contributed by atoms with Gasteiger partial charge in [0.2, 0.25) is 5.91 Å². The highest BCUT2D eigenvalue weighted by molar-refractivity contribution is 5.93. The molecule has 0 saturated heterocycles. The van der Waals surface area contributed by atoms with Gasteiger partial charge < -0.3 is 14.4 Å². The Hall–Kier alpha value is -3.41. The Bertz CT molecular complexity index is 918. The molecular formula is C22H21FN2O3. The second kappa shape index (κ2) is 9.50. The standard InChI is InChI=1S/C22H21FN2O3/c1-17(26)25(16-18-7-5-6-10-21(18)27-14-12-23)20-15-24-13-11-22(20)28-19-8-3-2-4-9-19/h2-11,13,15H,12,14,16H2,1H3/i23-1. The number of nitrogens with zero attached hydrogens (tertiary/aromatic N) is 2. The first-order valence-electron chi connectivity index (χ1n) is 8.90. The molecule has 0 N–H and O–H groups in total. The highest BCUT2D eigenvalue weighted by atomic mass is 18.2. The zero-order valence-corrected chi connectivity index (χ0v) is 15.5. The number of alkyl halides is 1. The van der Waals surface area contributed by atoms with Crippen molar-refractivity contribution in [3.63, 3.8) is 0 Å². The van der Waals surface area contributed by atoms with Crippen LogP contribution in [0.4, 0.5) is 10.1 Å². The molecule has 0 atom stereocenters. The van der Waals surface area contributed by atoms with Gasteiger partial charge in [0.05, 0.1) is 12.7 Å². The minimum atomic E-state index is -0.581. The van der Waals surface area contributed by atoms with E-state index in [0.717, 1.165) is 5.56 Å². The normalized spacial score (nSPS) is 10.4. The van der Waals surface area contributed by atoms with Crippen LogP contribution < -0.4 is 14.4 Å². The molecule has 0 bridgehead atoms. The van der Waals surface area contributed by atoms with Crippen molar-refractivity contribution in [2.24, 2.45) is 0 Å². The number of halogens is 1. The van der Waals surface area contributed by atoms with Gasteiger partial charge in [-0.2, -0.15) is 0 Å². The van der Waals surface area contributed by atoms with E-state index in [9.17, 15) is 9.18 Å². The molecule has 2 aromatic carbocycles. The van der Waals surface area contributed by atoms with Gasteiger partial charge >= 0.3 is 0 Å². The van der Waals surface area contributed by atoms with E-state index in [-0.39, 0.29) is 19.1 Å². The molecule has 3 aromatic rings. The first-order valence-corrected chi connectivity index (χ1v) is 8.90. The van der Waals surface area contributed by atoms with Gasteiger partial charge in [0.25, 0.3) is 0 Å². The molecule has 3 rings (SSSR count). The molecule has 0 aliphatic carbocycles. The molecule has 0 fully saturated rings. The summed E-state index contributed by atoms with van der Waals surface area (Å²) in [6.45, 7) is 1.10. The minimum Gasteiger partial charge on any atom is -0.491 e. The topological polar surface area (TPSA) is 51.7 Å². The largest absolute Gasteiger partial charge is 0.491 e. The van der Waals surface area contributed by atoms with Crippen molar-refractivity contribution >= 4 is 11.6 Å². The summed E-state index contributed by atoms with van der Waals surface area (Å²) in [5.74, 6) is 1.54. The first-order chi connectivity index (χ1) is 13.7. The van der Waals surface area contributed by atoms with Gasteiger partial charge in [-0.3, -0.25) is 9.78 Å². The molecule has 5 nitrogen and oxygen atoms in total. The molecular weight excluding hydrogens is 358 g/mol. The summed E-state index contributed by atoms with van der Waals surface area (Å²) in [5.41, 5.74) is 1.31. The number of carbonyl (C=O) groups excluding carboxylic acids is 1. The van der Waals surface area contributed by atoms with Crippen molar-refractivity contribution in [1.82, 2.24) is 4.98 Å². The number of rotatable bonds is 8. The third-order valence-electron chi connectivity index (χ3n) is 4.04. The van der Waals surface area contributed by atoms with Crippen molar-refractivity contribution in [2.45, 2.75) is 13.5 Å². The fourth-order valence-corrected chi connectivity index (χ4v) is 2.74. The number of anilines is 1. The van der Waals surface area contributed by atoms with Crippen LogP contribution in [-0.2, 0) is 11.3 Å². The van der Waals surface area contributed by atoms with Gasteiger partial charge in [-0.05, 0) is 18.2 Å². The van der Waals surface area contributed by atoms with Gasteiger partial charge in [-0.25, -0.2) is 4.39 Å². The lowest BCUT2D eigenvalue weighted by Gasteiger charge is -2.24. The van der Waals surface area contributed by atoms with E-state index in [0.29, 0.717) is 22.9 Å². The summed E-state index contributed by atoms with van der Waals surface area (Å²) < 4.78 is 23.9. The van der Waals surface area contributed by atoms with Crippen LogP contribution in [-0.4, -0.2) is 24.2 Å². The van der Waals surface area contributed by atoms with Crippen LogP contribution in [0.2, 0.25) is 0 Å². The lowest BCUT2D eigenvalue weighted by atomic mass is 10.1. The van der Waals surface area contributed by atoms with E-state index >= 15 is 0 Å². The van der Waals surface area contributed by atoms with Gasteiger partial charge in [0, 0.05) is 24.8 Å². The molecule has 0 aliphatic heterocycles. The molecule has 0 saturated carbocycles. The SMILES string of the molecule is CC(=O)N(Cc1ccccc1OCC[18F])c1cnccc1Oc1ccccc1. The number of carbonyl (C=O) groups is 1. The summed E-state index contributed by atoms with van der Waals surface area (Å²) >= 11 is 0. The number of amides is 1. The summed E-state index contributed by atoms with van der Waals surface area (Å²) in [6, 6.07) is 18.3. The van der Waals surface area contributed by atoms with Crippen LogP contribution in [0, 0.1) is 0 Å². The van der Waals surface area contributed by atoms with Gasteiger partial charge in [-0.15, -0.1) is 0 Å². The van der Waals surface area contributed by atoms with E-state index in [4.69, 9.17) is 9.47 Å². The summed E-state index contributed by atoms with van der Waals surface area (Å²) in [4.78, 5) is 18.1. The van der Waals surface area contributed by atoms with Crippen molar-refractivity contribution < 1.29 is 18.7 Å². The fourth-order valence-electron chi connectivity index (χ4n) is 2.74. The second-order valence-electron chi connectivity index (χ2n) is 6.01. The van der Waals surface area contributed by atoms with Gasteiger partial charge in [-0.1, -0.05) is 36.4 Å². The molecule has 144 valence electrons. The molecule has 28 heavy (non-hydrogen) atoms. The van der Waals surface area contributed by atoms with Crippen LogP contribution in [0.1, 0.15) is 12.5 Å². The molecule has 0 unspecified atom stereocenters. The summed E-state index contributed by atoms with van der Waals surface area (Å²) in [5, 5.41) is 0. The van der Waals surface area contributed by atoms with Gasteiger partial charge in [0.1, 0.15) is 30.5 Å². The lowest BCUT2D eigenvalue weighted by molar-refractivity contribution is -0.116. The smallest absolute Gasteiger partial charge is 0.224 e. The van der Waals surface area contributed by atoms with Gasteiger partial charge in [0.15, 0.2) is 5.75 Å². The summed E-state index contributed by atoms with van der Waals surface area (Å²) in [7, 11) is 0. The number of benzene rings is 2. The van der Waals surface area contributed by atoms with E-state index < -0.39 is 6.67 Å². The molecule has 1 amide bonds. The van der Waals surface area contributed by atoms with Crippen molar-refractivity contribution in [3.8, 4) is 17.2 Å². The second-order valence-corrected chi connectivity index (χ2v) is 6.01. The first kappa shape index (κ1) is 19.4. The van der Waals surface area contributed by atoms with Crippen molar-refractivity contribution in [2.75, 3.05) is 18.2 Å². The van der Waals surface area contributed by atoms with Crippen LogP contribution >= 0.6 is 0 Å². The average molecular weight is 379 g/mol. The fraction of sp³-hybridized carbons (Fsp3) is 0.182. The Morgan fingerprint density at radius 1 is 1.04 bits per heavy atom. The zero-order chi connectivity index (χ0) is 19.8. The third-order valence-corrected chi connectivity index (χ3v) is 4.04. The number of ether oxygens (including phenoxy) is 2. The monoisotopic (exact) mass is 379 g/mol. The third kappa shape index (κ3) is 4.85. The predicted molar refractivity (Wildman–Crippen MR) is 106 cm³/mol. The Balaban J connectivity index is 1.91. The van der Waals surface area contributed by atoms with E-state index in [2.05, 4.69) is 4.98 Å². The highest BCUT2D eigenvalue weighted by Gasteiger charge is 2.19. The predicted octanol–water partition coefficient (Wildman–Crippen LogP) is 4.78. The van der Waals surface area contributed by atoms with E-state index in [1.165, 1.54) is 6.92 Å². The number of hydrogen-bond donors (Lipinski definition) is 0. The number of pyridine rings is 1. The highest BCUT2D eigenvalue weighted by Crippen LogP contribution is 2.33. The minimum absolute atomic E-state index is 0.0354. The molecule has 0 spiro atoms. The average Bonchev–Trinajstić information content (AvgIpc) is 2.72. The Morgan fingerprint density at radius 2 is 1.79 bits per heavy atom.